The number of para-hydroxylation sites is 1. The maximum absolute atomic E-state index is 5.89. The van der Waals surface area contributed by atoms with Gasteiger partial charge in [0.1, 0.15) is 5.75 Å². The van der Waals surface area contributed by atoms with Gasteiger partial charge in [0.25, 0.3) is 0 Å². The molecule has 0 amide bonds. The molecular weight excluding hydrogens is 246 g/mol. The van der Waals surface area contributed by atoms with E-state index in [1.165, 1.54) is 24.8 Å². The van der Waals surface area contributed by atoms with Gasteiger partial charge in [-0.1, -0.05) is 32.0 Å². The average molecular weight is 275 g/mol. The molecule has 0 spiro atoms. The fourth-order valence-corrected chi connectivity index (χ4v) is 3.23. The standard InChI is InChI=1S/C18H29NO/c1-13(2)20-18-8-6-5-7-16(18)12-19-17-10-9-14(3)11-15(17)4/h5-8,13-15,17,19H,9-12H2,1-4H3. The van der Waals surface area contributed by atoms with Crippen LogP contribution in [0, 0.1) is 11.8 Å². The zero-order chi connectivity index (χ0) is 14.5. The molecule has 1 aromatic carbocycles. The lowest BCUT2D eigenvalue weighted by Crippen LogP contribution is -2.38. The summed E-state index contributed by atoms with van der Waals surface area (Å²) in [4.78, 5) is 0. The molecular formula is C18H29NO. The van der Waals surface area contributed by atoms with E-state index < -0.39 is 0 Å². The van der Waals surface area contributed by atoms with E-state index in [1.807, 2.05) is 6.07 Å². The van der Waals surface area contributed by atoms with E-state index in [0.717, 1.165) is 24.1 Å². The highest BCUT2D eigenvalue weighted by atomic mass is 16.5. The molecule has 0 saturated heterocycles. The summed E-state index contributed by atoms with van der Waals surface area (Å²) in [5.74, 6) is 2.68. The zero-order valence-corrected chi connectivity index (χ0v) is 13.4. The lowest BCUT2D eigenvalue weighted by atomic mass is 9.80. The maximum Gasteiger partial charge on any atom is 0.124 e. The van der Waals surface area contributed by atoms with Crippen LogP contribution in [-0.4, -0.2) is 12.1 Å². The molecule has 3 unspecified atom stereocenters. The third kappa shape index (κ3) is 4.24. The molecule has 1 saturated carbocycles. The second kappa shape index (κ2) is 7.12. The Kier molecular flexibility index (Phi) is 5.47. The summed E-state index contributed by atoms with van der Waals surface area (Å²) in [6.07, 6.45) is 4.23. The van der Waals surface area contributed by atoms with Crippen molar-refractivity contribution in [3.63, 3.8) is 0 Å². The molecule has 0 aromatic heterocycles. The fraction of sp³-hybridized carbons (Fsp3) is 0.667. The van der Waals surface area contributed by atoms with Crippen molar-refractivity contribution in [1.82, 2.24) is 5.32 Å². The van der Waals surface area contributed by atoms with Crippen LogP contribution in [0.5, 0.6) is 5.75 Å². The predicted molar refractivity (Wildman–Crippen MR) is 85.0 cm³/mol. The lowest BCUT2D eigenvalue weighted by molar-refractivity contribution is 0.221. The minimum absolute atomic E-state index is 0.227. The van der Waals surface area contributed by atoms with E-state index in [4.69, 9.17) is 4.74 Å². The molecule has 20 heavy (non-hydrogen) atoms. The second-order valence-corrected chi connectivity index (χ2v) is 6.66. The summed E-state index contributed by atoms with van der Waals surface area (Å²) >= 11 is 0. The van der Waals surface area contributed by atoms with Gasteiger partial charge in [-0.15, -0.1) is 0 Å². The summed E-state index contributed by atoms with van der Waals surface area (Å²) in [6.45, 7) is 9.82. The van der Waals surface area contributed by atoms with Crippen molar-refractivity contribution in [2.45, 2.75) is 65.6 Å². The summed E-state index contributed by atoms with van der Waals surface area (Å²) in [5, 5.41) is 3.74. The highest BCUT2D eigenvalue weighted by Gasteiger charge is 2.24. The Morgan fingerprint density at radius 3 is 2.65 bits per heavy atom. The first kappa shape index (κ1) is 15.4. The molecule has 0 aliphatic heterocycles. The molecule has 1 N–H and O–H groups in total. The number of benzene rings is 1. The molecule has 1 aromatic rings. The van der Waals surface area contributed by atoms with Crippen LogP contribution < -0.4 is 10.1 Å². The van der Waals surface area contributed by atoms with Crippen molar-refractivity contribution in [2.24, 2.45) is 11.8 Å². The molecule has 1 fully saturated rings. The highest BCUT2D eigenvalue weighted by Crippen LogP contribution is 2.29. The molecule has 0 radical (unpaired) electrons. The number of ether oxygens (including phenoxy) is 1. The van der Waals surface area contributed by atoms with Gasteiger partial charge >= 0.3 is 0 Å². The maximum atomic E-state index is 5.89. The van der Waals surface area contributed by atoms with Crippen LogP contribution in [0.3, 0.4) is 0 Å². The molecule has 112 valence electrons. The van der Waals surface area contributed by atoms with Gasteiger partial charge in [0.2, 0.25) is 0 Å². The first-order valence-corrected chi connectivity index (χ1v) is 8.04. The van der Waals surface area contributed by atoms with Crippen molar-refractivity contribution in [3.05, 3.63) is 29.8 Å². The largest absolute Gasteiger partial charge is 0.491 e. The molecule has 1 aliphatic carbocycles. The van der Waals surface area contributed by atoms with E-state index in [0.29, 0.717) is 6.04 Å². The molecule has 2 rings (SSSR count). The van der Waals surface area contributed by atoms with Crippen molar-refractivity contribution in [1.29, 1.82) is 0 Å². The Balaban J connectivity index is 1.93. The second-order valence-electron chi connectivity index (χ2n) is 6.66. The zero-order valence-electron chi connectivity index (χ0n) is 13.4. The third-order valence-corrected chi connectivity index (χ3v) is 4.32. The SMILES string of the molecule is CC1CCC(NCc2ccccc2OC(C)C)C(C)C1. The predicted octanol–water partition coefficient (Wildman–Crippen LogP) is 4.39. The Labute approximate surface area is 123 Å². The van der Waals surface area contributed by atoms with Gasteiger partial charge in [0.05, 0.1) is 6.10 Å². The van der Waals surface area contributed by atoms with Gasteiger partial charge in [-0.05, 0) is 51.0 Å². The van der Waals surface area contributed by atoms with E-state index in [1.54, 1.807) is 0 Å². The van der Waals surface area contributed by atoms with Crippen LogP contribution in [0.25, 0.3) is 0 Å². The van der Waals surface area contributed by atoms with Crippen molar-refractivity contribution < 1.29 is 4.74 Å². The highest BCUT2D eigenvalue weighted by molar-refractivity contribution is 5.33. The number of rotatable bonds is 5. The number of hydrogen-bond donors (Lipinski definition) is 1. The lowest BCUT2D eigenvalue weighted by Gasteiger charge is -2.33. The van der Waals surface area contributed by atoms with Gasteiger partial charge in [-0.2, -0.15) is 0 Å². The normalized spacial score (nSPS) is 26.8. The molecule has 0 bridgehead atoms. The first-order chi connectivity index (χ1) is 9.56. The monoisotopic (exact) mass is 275 g/mol. The van der Waals surface area contributed by atoms with Gasteiger partial charge in [0.15, 0.2) is 0 Å². The smallest absolute Gasteiger partial charge is 0.124 e. The minimum atomic E-state index is 0.227. The summed E-state index contributed by atoms with van der Waals surface area (Å²) in [6, 6.07) is 9.03. The Morgan fingerprint density at radius 1 is 1.20 bits per heavy atom. The van der Waals surface area contributed by atoms with Crippen LogP contribution in [0.4, 0.5) is 0 Å². The number of hydrogen-bond acceptors (Lipinski definition) is 2. The molecule has 2 heteroatoms. The van der Waals surface area contributed by atoms with Crippen LogP contribution in [0.1, 0.15) is 52.5 Å². The Hall–Kier alpha value is -1.02. The van der Waals surface area contributed by atoms with Gasteiger partial charge in [-0.3, -0.25) is 0 Å². The molecule has 3 atom stereocenters. The van der Waals surface area contributed by atoms with Crippen molar-refractivity contribution in [2.75, 3.05) is 0 Å². The Morgan fingerprint density at radius 2 is 1.95 bits per heavy atom. The van der Waals surface area contributed by atoms with Gasteiger partial charge in [-0.25, -0.2) is 0 Å². The Bertz CT molecular complexity index is 416. The summed E-state index contributed by atoms with van der Waals surface area (Å²) < 4.78 is 5.89. The fourth-order valence-electron chi connectivity index (χ4n) is 3.23. The van der Waals surface area contributed by atoms with Gasteiger partial charge < -0.3 is 10.1 Å². The van der Waals surface area contributed by atoms with E-state index in [9.17, 15) is 0 Å². The number of nitrogens with one attached hydrogen (secondary N) is 1. The third-order valence-electron chi connectivity index (χ3n) is 4.32. The molecule has 1 aliphatic rings. The van der Waals surface area contributed by atoms with E-state index >= 15 is 0 Å². The summed E-state index contributed by atoms with van der Waals surface area (Å²) in [7, 11) is 0. The van der Waals surface area contributed by atoms with E-state index in [2.05, 4.69) is 51.2 Å². The first-order valence-electron chi connectivity index (χ1n) is 8.04. The van der Waals surface area contributed by atoms with Crippen LogP contribution in [-0.2, 0) is 6.54 Å². The van der Waals surface area contributed by atoms with Crippen LogP contribution >= 0.6 is 0 Å². The molecule has 2 nitrogen and oxygen atoms in total. The topological polar surface area (TPSA) is 21.3 Å². The van der Waals surface area contributed by atoms with Gasteiger partial charge in [0, 0.05) is 18.2 Å². The van der Waals surface area contributed by atoms with Crippen molar-refractivity contribution >= 4 is 0 Å². The van der Waals surface area contributed by atoms with Crippen LogP contribution in [0.15, 0.2) is 24.3 Å². The summed E-state index contributed by atoms with van der Waals surface area (Å²) in [5.41, 5.74) is 1.27. The molecule has 0 heterocycles. The minimum Gasteiger partial charge on any atom is -0.491 e. The van der Waals surface area contributed by atoms with E-state index in [-0.39, 0.29) is 6.10 Å². The van der Waals surface area contributed by atoms with Crippen LogP contribution in [0.2, 0.25) is 0 Å². The quantitative estimate of drug-likeness (QED) is 0.860. The average Bonchev–Trinajstić information content (AvgIpc) is 2.39. The van der Waals surface area contributed by atoms with Crippen molar-refractivity contribution in [3.8, 4) is 5.75 Å².